The maximum absolute atomic E-state index is 13.6. The summed E-state index contributed by atoms with van der Waals surface area (Å²) in [7, 11) is -13.2. The third-order valence-corrected chi connectivity index (χ3v) is 21.9. The molecule has 4 aliphatic rings. The zero-order valence-electron chi connectivity index (χ0n) is 45.5. The monoisotopic (exact) mass is 1250 g/mol. The number of hydrogen-bond donors (Lipinski definition) is 16. The van der Waals surface area contributed by atoms with Crippen LogP contribution in [-0.4, -0.2) is 193 Å². The van der Waals surface area contributed by atoms with Gasteiger partial charge in [-0.2, -0.15) is 0 Å². The average Bonchev–Trinajstić information content (AvgIpc) is 0.848. The topological polar surface area (TPSA) is 561 Å². The van der Waals surface area contributed by atoms with Gasteiger partial charge in [0.15, 0.2) is 0 Å². The molecule has 0 spiro atoms. The predicted molar refractivity (Wildman–Crippen MR) is 285 cm³/mol. The van der Waals surface area contributed by atoms with Crippen LogP contribution in [-0.2, 0) is 71.2 Å². The third-order valence-electron chi connectivity index (χ3n) is 16.0. The van der Waals surface area contributed by atoms with E-state index in [1.165, 1.54) is 0 Å². The Morgan fingerprint density at radius 2 is 0.590 bits per heavy atom. The lowest BCUT2D eigenvalue weighted by molar-refractivity contribution is -0.180. The van der Waals surface area contributed by atoms with E-state index in [4.69, 9.17) is 21.1 Å². The van der Waals surface area contributed by atoms with Crippen LogP contribution in [0.25, 0.3) is 0 Å². The molecule has 34 heteroatoms. The van der Waals surface area contributed by atoms with Crippen LogP contribution < -0.4 is 21.7 Å². The predicted octanol–water partition coefficient (Wildman–Crippen LogP) is 1.75. The summed E-state index contributed by atoms with van der Waals surface area (Å²) < 4.78 is 39.1. The summed E-state index contributed by atoms with van der Waals surface area (Å²) in [5.41, 5.74) is 3.52. The first-order chi connectivity index (χ1) is 38.1. The smallest absolute Gasteiger partial charge is 0.326 e. The average molecular weight is 1250 g/mol. The summed E-state index contributed by atoms with van der Waals surface area (Å²) in [6, 6.07) is -5.23. The highest BCUT2D eigenvalue weighted by atomic mass is 31.2. The molecule has 17 N–H and O–H groups in total. The molecule has 0 saturated heterocycles. The highest BCUT2D eigenvalue weighted by Crippen LogP contribution is 2.73. The van der Waals surface area contributed by atoms with Crippen molar-refractivity contribution < 1.29 is 132 Å². The van der Waals surface area contributed by atoms with E-state index in [0.717, 1.165) is 0 Å². The number of carboxylic acids is 9. The van der Waals surface area contributed by atoms with E-state index in [1.54, 1.807) is 0 Å². The van der Waals surface area contributed by atoms with E-state index in [2.05, 4.69) is 16.0 Å². The summed E-state index contributed by atoms with van der Waals surface area (Å²) in [5, 5.41) is 92.3. The maximum Gasteiger partial charge on any atom is 0.326 e. The Balaban J connectivity index is 1.87. The van der Waals surface area contributed by atoms with Crippen molar-refractivity contribution in [3.05, 3.63) is 0 Å². The van der Waals surface area contributed by atoms with Crippen molar-refractivity contribution in [2.24, 2.45) is 39.7 Å². The normalized spacial score (nSPS) is 25.0. The second-order valence-corrected chi connectivity index (χ2v) is 30.8. The van der Waals surface area contributed by atoms with Crippen LogP contribution in [0.4, 0.5) is 0 Å². The molecular weight excluding hydrogens is 1170 g/mol. The first-order valence-corrected chi connectivity index (χ1v) is 32.8. The van der Waals surface area contributed by atoms with Crippen LogP contribution in [0.1, 0.15) is 135 Å². The summed E-state index contributed by atoms with van der Waals surface area (Å²) >= 11 is 0. The highest BCUT2D eigenvalue weighted by molar-refractivity contribution is 7.58. The van der Waals surface area contributed by atoms with E-state index >= 15 is 0 Å². The highest BCUT2D eigenvalue weighted by Gasteiger charge is 2.66. The number of hydrogen-bond acceptors (Lipinski definition) is 16. The van der Waals surface area contributed by atoms with Crippen LogP contribution in [0, 0.1) is 34.0 Å². The Labute approximate surface area is 475 Å². The van der Waals surface area contributed by atoms with Gasteiger partial charge in [0.1, 0.15) is 18.1 Å². The van der Waals surface area contributed by atoms with Gasteiger partial charge in [0.2, 0.25) is 39.8 Å². The van der Waals surface area contributed by atoms with E-state index in [1.807, 2.05) is 0 Å². The fourth-order valence-corrected chi connectivity index (χ4v) is 18.6. The first-order valence-electron chi connectivity index (χ1n) is 26.7. The molecule has 6 unspecified atom stereocenters. The van der Waals surface area contributed by atoms with Gasteiger partial charge in [-0.25, -0.2) is 14.4 Å². The molecule has 9 atom stereocenters. The number of amides is 3. The van der Waals surface area contributed by atoms with Crippen LogP contribution in [0.15, 0.2) is 0 Å². The molecule has 83 heavy (non-hydrogen) atoms. The first kappa shape index (κ1) is 71.4. The lowest BCUT2D eigenvalue weighted by Gasteiger charge is -2.70. The Kier molecular flexibility index (Phi) is 25.7. The largest absolute Gasteiger partial charge is 0.481 e. The van der Waals surface area contributed by atoms with E-state index in [-0.39, 0.29) is 57.8 Å². The van der Waals surface area contributed by atoms with Crippen LogP contribution in [0.3, 0.4) is 0 Å². The molecule has 31 nitrogen and oxygen atoms in total. The number of carbonyl (C=O) groups is 12. The van der Waals surface area contributed by atoms with Crippen molar-refractivity contribution in [1.82, 2.24) is 16.0 Å². The minimum atomic E-state index is -4.40. The molecule has 3 amide bonds. The summed E-state index contributed by atoms with van der Waals surface area (Å²) in [6.45, 7) is 0. The lowest BCUT2D eigenvalue weighted by Crippen LogP contribution is -2.67. The third kappa shape index (κ3) is 24.0. The Morgan fingerprint density at radius 3 is 0.783 bits per heavy atom. The van der Waals surface area contributed by atoms with Crippen molar-refractivity contribution in [2.45, 2.75) is 159 Å². The van der Waals surface area contributed by atoms with E-state index in [0.29, 0.717) is 19.3 Å². The van der Waals surface area contributed by atoms with E-state index < -0.39 is 246 Å². The van der Waals surface area contributed by atoms with Crippen LogP contribution in [0.5, 0.6) is 0 Å². The van der Waals surface area contributed by atoms with Gasteiger partial charge in [-0.3, -0.25) is 56.8 Å². The second kappa shape index (κ2) is 29.8. The zero-order chi connectivity index (χ0) is 63.1. The Bertz CT molecular complexity index is 2350. The summed E-state index contributed by atoms with van der Waals surface area (Å²) in [4.78, 5) is 178. The van der Waals surface area contributed by atoms with Gasteiger partial charge in [-0.15, -0.1) is 0 Å². The van der Waals surface area contributed by atoms with Gasteiger partial charge in [0, 0.05) is 81.0 Å². The lowest BCUT2D eigenvalue weighted by atomic mass is 9.36. The number of carbonyl (C=O) groups excluding carboxylic acids is 3. The summed E-state index contributed by atoms with van der Waals surface area (Å²) in [6.07, 6.45) is -9.34. The molecule has 0 heterocycles. The Hall–Kier alpha value is -5.83. The minimum absolute atomic E-state index is 0.0249. The molecule has 4 rings (SSSR count). The Morgan fingerprint density at radius 1 is 0.361 bits per heavy atom. The summed E-state index contributed by atoms with van der Waals surface area (Å²) in [5.74, 6) is -20.6. The zero-order valence-corrected chi connectivity index (χ0v) is 48.1. The van der Waals surface area contributed by atoms with Gasteiger partial charge >= 0.3 is 53.7 Å². The SMILES string of the molecule is NC12CC3(CCC(=O)N[C@@H](CCP(=O)(O)CC(CCC(=O)O)C(=O)O)C(=O)O)CC(CCC(=O)N[C@@H](CCP(=O)(O)CC(CCC(=O)O)C(=O)O)C(=O)O)(C1)CC(CCC(=O)N[C@@H](CCP(=O)(O)CC(CCC(=O)O)C(=O)O)C(=O)O)(C2)C3. The van der Waals surface area contributed by atoms with Crippen molar-refractivity contribution in [3.8, 4) is 0 Å². The number of nitrogens with two attached hydrogens (primary N) is 1. The number of aliphatic carboxylic acids is 9. The molecule has 4 saturated carbocycles. The van der Waals surface area contributed by atoms with Gasteiger partial charge in [-0.1, -0.05) is 0 Å². The molecule has 0 aromatic heterocycles. The van der Waals surface area contributed by atoms with Gasteiger partial charge < -0.3 is 82.3 Å². The van der Waals surface area contributed by atoms with Crippen molar-refractivity contribution in [2.75, 3.05) is 37.0 Å². The quantitative estimate of drug-likeness (QED) is 0.0387. The van der Waals surface area contributed by atoms with Gasteiger partial charge in [0.25, 0.3) is 0 Å². The number of rotatable bonds is 42. The molecule has 4 fully saturated rings. The van der Waals surface area contributed by atoms with Crippen molar-refractivity contribution >= 4 is 93.6 Å². The maximum atomic E-state index is 13.6. The van der Waals surface area contributed by atoms with Crippen LogP contribution in [0.2, 0.25) is 0 Å². The molecule has 0 radical (unpaired) electrons. The second-order valence-electron chi connectivity index (χ2n) is 23.3. The standard InChI is InChI=1S/C49H77N4O27P3/c50-49-25-46(13-7-34(54)51-31(43(69)70)10-16-81(75,76)19-28(40(63)64)1-4-37(57)58)22-47(26-49,14-8-35(55)52-32(44(71)72)11-17-82(77,78)20-29(41(65)66)2-5-38(59)60)24-48(23-46,27-49)15-9-36(56)53-33(45(73)74)12-18-83(79,80)21-30(42(67)68)3-6-39(61)62/h28-33H,1-27,50H2,(H,51,54)(H,52,55)(H,53,56)(H,57,58)(H,59,60)(H,61,62)(H,63,64)(H,65,66)(H,67,68)(H,69,70)(H,71,72)(H,73,74)(H,75,76)(H,77,78)(H,79,80)/t28?,29?,30?,31-,32-,33-,46?,47?,48?,49?/m0/s1. The fraction of sp³-hybridized carbons (Fsp3) is 0.755. The molecule has 4 bridgehead atoms. The molecule has 0 aromatic rings. The molecule has 0 aliphatic heterocycles. The molecule has 4 aliphatic carbocycles. The number of carboxylic acid groups (broad SMARTS) is 9. The minimum Gasteiger partial charge on any atom is -0.481 e. The fourth-order valence-electron chi connectivity index (χ4n) is 13.0. The van der Waals surface area contributed by atoms with Gasteiger partial charge in [-0.05, 0) is 113 Å². The molecular formula is C49H77N4O27P3. The van der Waals surface area contributed by atoms with Gasteiger partial charge in [0.05, 0.1) is 17.8 Å². The van der Waals surface area contributed by atoms with Crippen LogP contribution >= 0.6 is 22.1 Å². The molecule has 470 valence electrons. The molecule has 0 aromatic carbocycles. The van der Waals surface area contributed by atoms with Crippen molar-refractivity contribution in [1.29, 1.82) is 0 Å². The van der Waals surface area contributed by atoms with Crippen molar-refractivity contribution in [3.63, 3.8) is 0 Å². The van der Waals surface area contributed by atoms with E-state index in [9.17, 15) is 117 Å². The number of nitrogens with one attached hydrogen (secondary N) is 3.